The smallest absolute Gasteiger partial charge is 0.303 e. The van der Waals surface area contributed by atoms with Crippen molar-refractivity contribution in [2.45, 2.75) is 18.8 Å². The summed E-state index contributed by atoms with van der Waals surface area (Å²) < 4.78 is 2.59. The molecule has 5 nitrogen and oxygen atoms in total. The van der Waals surface area contributed by atoms with E-state index in [1.807, 2.05) is 5.38 Å². The van der Waals surface area contributed by atoms with Crippen molar-refractivity contribution in [3.63, 3.8) is 0 Å². The molecule has 0 aliphatic carbocycles. The first kappa shape index (κ1) is 13.0. The van der Waals surface area contributed by atoms with E-state index in [1.165, 1.54) is 32.7 Å². The van der Waals surface area contributed by atoms with Crippen molar-refractivity contribution in [2.24, 2.45) is 7.05 Å². The van der Waals surface area contributed by atoms with Gasteiger partial charge in [-0.2, -0.15) is 0 Å². The molecule has 0 aromatic carbocycles. The largest absolute Gasteiger partial charge is 0.330 e. The summed E-state index contributed by atoms with van der Waals surface area (Å²) in [5, 5.41) is 2.76. The fourth-order valence-corrected chi connectivity index (χ4v) is 2.57. The Labute approximate surface area is 112 Å². The van der Waals surface area contributed by atoms with Crippen LogP contribution >= 0.6 is 22.9 Å². The Morgan fingerprint density at radius 3 is 2.89 bits per heavy atom. The molecule has 0 fully saturated rings. The lowest BCUT2D eigenvalue weighted by molar-refractivity contribution is 0.589. The van der Waals surface area contributed by atoms with E-state index < -0.39 is 0 Å². The molecule has 0 amide bonds. The predicted octanol–water partition coefficient (Wildman–Crippen LogP) is 0.985. The minimum Gasteiger partial charge on any atom is -0.303 e. The van der Waals surface area contributed by atoms with Gasteiger partial charge >= 0.3 is 5.69 Å². The highest BCUT2D eigenvalue weighted by atomic mass is 35.5. The summed E-state index contributed by atoms with van der Waals surface area (Å²) in [4.78, 5) is 27.6. The standard InChI is InChI=1S/C11H12ClN3O2S/c1-14-4-3-10(16)15(11(14)17)5-2-9-13-8(6-12)7-18-9/h3-4,7H,2,5-6H2,1H3. The minimum atomic E-state index is -0.309. The number of halogens is 1. The van der Waals surface area contributed by atoms with Crippen LogP contribution in [0.1, 0.15) is 10.7 Å². The number of hydrogen-bond donors (Lipinski definition) is 0. The van der Waals surface area contributed by atoms with Gasteiger partial charge in [0.05, 0.1) is 16.6 Å². The van der Waals surface area contributed by atoms with Gasteiger partial charge in [0.25, 0.3) is 5.56 Å². The topological polar surface area (TPSA) is 56.9 Å². The normalized spacial score (nSPS) is 10.8. The fourth-order valence-electron chi connectivity index (χ4n) is 1.55. The summed E-state index contributed by atoms with van der Waals surface area (Å²) in [5.74, 6) is 0.379. The van der Waals surface area contributed by atoms with E-state index in [1.54, 1.807) is 7.05 Å². The Kier molecular flexibility index (Phi) is 3.98. The molecule has 96 valence electrons. The van der Waals surface area contributed by atoms with E-state index in [9.17, 15) is 9.59 Å². The van der Waals surface area contributed by atoms with Crippen LogP contribution in [-0.2, 0) is 25.9 Å². The number of hydrogen-bond acceptors (Lipinski definition) is 4. The molecule has 0 N–H and O–H groups in total. The third-order valence-electron chi connectivity index (χ3n) is 2.52. The van der Waals surface area contributed by atoms with Gasteiger partial charge in [-0.3, -0.25) is 9.36 Å². The first-order chi connectivity index (χ1) is 8.61. The van der Waals surface area contributed by atoms with Crippen LogP contribution in [-0.4, -0.2) is 14.1 Å². The Hall–Kier alpha value is -1.40. The van der Waals surface area contributed by atoms with Crippen LogP contribution in [0.5, 0.6) is 0 Å². The highest BCUT2D eigenvalue weighted by molar-refractivity contribution is 7.09. The van der Waals surface area contributed by atoms with Gasteiger partial charge < -0.3 is 4.57 Å². The minimum absolute atomic E-state index is 0.285. The summed E-state index contributed by atoms with van der Waals surface area (Å²) in [6.45, 7) is 0.335. The second-order valence-electron chi connectivity index (χ2n) is 3.82. The zero-order valence-corrected chi connectivity index (χ0v) is 11.4. The molecule has 7 heteroatoms. The van der Waals surface area contributed by atoms with Crippen molar-refractivity contribution >= 4 is 22.9 Å². The molecule has 0 aliphatic rings. The van der Waals surface area contributed by atoms with Crippen molar-refractivity contribution in [1.82, 2.24) is 14.1 Å². The Morgan fingerprint density at radius 2 is 2.22 bits per heavy atom. The van der Waals surface area contributed by atoms with Crippen LogP contribution in [0.25, 0.3) is 0 Å². The predicted molar refractivity (Wildman–Crippen MR) is 71.3 cm³/mol. The molecule has 0 saturated carbocycles. The van der Waals surface area contributed by atoms with Crippen molar-refractivity contribution in [3.8, 4) is 0 Å². The Morgan fingerprint density at radius 1 is 1.44 bits per heavy atom. The first-order valence-electron chi connectivity index (χ1n) is 5.37. The molecule has 0 radical (unpaired) electrons. The molecule has 0 aliphatic heterocycles. The van der Waals surface area contributed by atoms with Gasteiger partial charge in [-0.1, -0.05) is 0 Å². The number of thiazole rings is 1. The highest BCUT2D eigenvalue weighted by Gasteiger charge is 2.05. The van der Waals surface area contributed by atoms with Crippen molar-refractivity contribution in [1.29, 1.82) is 0 Å². The van der Waals surface area contributed by atoms with Crippen LogP contribution in [0.2, 0.25) is 0 Å². The zero-order valence-electron chi connectivity index (χ0n) is 9.80. The summed E-state index contributed by atoms with van der Waals surface area (Å²) in [7, 11) is 1.62. The van der Waals surface area contributed by atoms with Gasteiger partial charge in [0, 0.05) is 37.7 Å². The second kappa shape index (κ2) is 5.49. The molecule has 2 aromatic rings. The van der Waals surface area contributed by atoms with Crippen molar-refractivity contribution < 1.29 is 0 Å². The summed E-state index contributed by atoms with van der Waals surface area (Å²) in [6.07, 6.45) is 2.02. The van der Waals surface area contributed by atoms with E-state index in [0.717, 1.165) is 10.7 Å². The van der Waals surface area contributed by atoms with Gasteiger partial charge in [0.15, 0.2) is 0 Å². The van der Waals surface area contributed by atoms with E-state index in [2.05, 4.69) is 4.98 Å². The number of rotatable bonds is 4. The van der Waals surface area contributed by atoms with Crippen molar-refractivity contribution in [3.05, 3.63) is 49.2 Å². The molecule has 0 spiro atoms. The third kappa shape index (κ3) is 2.70. The van der Waals surface area contributed by atoms with Crippen LogP contribution in [0.4, 0.5) is 0 Å². The van der Waals surface area contributed by atoms with Crippen LogP contribution in [0.15, 0.2) is 27.2 Å². The van der Waals surface area contributed by atoms with Crippen LogP contribution < -0.4 is 11.2 Å². The molecule has 2 aromatic heterocycles. The highest BCUT2D eigenvalue weighted by Crippen LogP contribution is 2.12. The molecule has 2 rings (SSSR count). The van der Waals surface area contributed by atoms with E-state index in [-0.39, 0.29) is 11.2 Å². The maximum absolute atomic E-state index is 11.8. The number of aryl methyl sites for hydroxylation is 2. The van der Waals surface area contributed by atoms with E-state index in [4.69, 9.17) is 11.6 Å². The van der Waals surface area contributed by atoms with Crippen LogP contribution in [0.3, 0.4) is 0 Å². The molecular weight excluding hydrogens is 274 g/mol. The molecule has 18 heavy (non-hydrogen) atoms. The molecule has 0 bridgehead atoms. The summed E-state index contributed by atoms with van der Waals surface area (Å²) in [6, 6.07) is 1.38. The third-order valence-corrected chi connectivity index (χ3v) is 3.76. The molecule has 0 atom stereocenters. The lowest BCUT2D eigenvalue weighted by atomic mass is 10.4. The lowest BCUT2D eigenvalue weighted by Gasteiger charge is -2.04. The van der Waals surface area contributed by atoms with Gasteiger partial charge in [-0.05, 0) is 0 Å². The molecule has 0 unspecified atom stereocenters. The Bertz CT molecular complexity index is 659. The van der Waals surface area contributed by atoms with Gasteiger partial charge in [-0.25, -0.2) is 9.78 Å². The molecular formula is C11H12ClN3O2S. The first-order valence-corrected chi connectivity index (χ1v) is 6.79. The van der Waals surface area contributed by atoms with Crippen molar-refractivity contribution in [2.75, 3.05) is 0 Å². The number of aromatic nitrogens is 3. The van der Waals surface area contributed by atoms with Gasteiger partial charge in [-0.15, -0.1) is 22.9 Å². The van der Waals surface area contributed by atoms with Crippen LogP contribution in [0, 0.1) is 0 Å². The monoisotopic (exact) mass is 285 g/mol. The SMILES string of the molecule is Cn1ccc(=O)n(CCc2nc(CCl)cs2)c1=O. The number of nitrogens with zero attached hydrogens (tertiary/aromatic N) is 3. The summed E-state index contributed by atoms with van der Waals surface area (Å²) in [5.41, 5.74) is 0.230. The number of alkyl halides is 1. The average molecular weight is 286 g/mol. The van der Waals surface area contributed by atoms with Gasteiger partial charge in [0.1, 0.15) is 0 Å². The molecule has 0 saturated heterocycles. The molecule has 2 heterocycles. The van der Waals surface area contributed by atoms with E-state index in [0.29, 0.717) is 18.8 Å². The maximum Gasteiger partial charge on any atom is 0.330 e. The maximum atomic E-state index is 11.8. The summed E-state index contributed by atoms with van der Waals surface area (Å²) >= 11 is 7.15. The average Bonchev–Trinajstić information content (AvgIpc) is 2.82. The Balaban J connectivity index is 2.18. The second-order valence-corrected chi connectivity index (χ2v) is 5.03. The lowest BCUT2D eigenvalue weighted by Crippen LogP contribution is -2.38. The zero-order chi connectivity index (χ0) is 13.1. The quantitative estimate of drug-likeness (QED) is 0.787. The van der Waals surface area contributed by atoms with Gasteiger partial charge in [0.2, 0.25) is 0 Å². The van der Waals surface area contributed by atoms with E-state index >= 15 is 0 Å². The fraction of sp³-hybridized carbons (Fsp3) is 0.364.